The van der Waals surface area contributed by atoms with Crippen molar-refractivity contribution >= 4 is 23.4 Å². The Morgan fingerprint density at radius 1 is 1.14 bits per heavy atom. The summed E-state index contributed by atoms with van der Waals surface area (Å²) in [5.41, 5.74) is 0.537. The number of hydrogen-bond acceptors (Lipinski definition) is 3. The normalized spacial score (nSPS) is 15.1. The van der Waals surface area contributed by atoms with E-state index < -0.39 is 0 Å². The molecule has 2 amide bonds. The van der Waals surface area contributed by atoms with Crippen molar-refractivity contribution < 1.29 is 14.3 Å². The molecule has 1 heterocycles. The SMILES string of the molecule is COc1ccc(C(=O)N2CCN(C(=O)C(C)C)CC2)cc1Cl. The van der Waals surface area contributed by atoms with E-state index >= 15 is 0 Å². The summed E-state index contributed by atoms with van der Waals surface area (Å²) < 4.78 is 5.09. The van der Waals surface area contributed by atoms with Gasteiger partial charge in [-0.3, -0.25) is 9.59 Å². The number of amides is 2. The van der Waals surface area contributed by atoms with Gasteiger partial charge >= 0.3 is 0 Å². The maximum atomic E-state index is 12.5. The molecular formula is C16H21ClN2O3. The van der Waals surface area contributed by atoms with Crippen LogP contribution in [0, 0.1) is 5.92 Å². The van der Waals surface area contributed by atoms with Gasteiger partial charge in [-0.05, 0) is 18.2 Å². The molecule has 5 nitrogen and oxygen atoms in total. The van der Waals surface area contributed by atoms with Gasteiger partial charge in [0.05, 0.1) is 12.1 Å². The predicted octanol–water partition coefficient (Wildman–Crippen LogP) is 2.29. The monoisotopic (exact) mass is 324 g/mol. The first kappa shape index (κ1) is 16.6. The molecule has 0 radical (unpaired) electrons. The molecule has 0 spiro atoms. The topological polar surface area (TPSA) is 49.9 Å². The summed E-state index contributed by atoms with van der Waals surface area (Å²) in [5.74, 6) is 0.606. The van der Waals surface area contributed by atoms with Gasteiger partial charge in [-0.1, -0.05) is 25.4 Å². The van der Waals surface area contributed by atoms with Crippen molar-refractivity contribution in [3.8, 4) is 5.75 Å². The van der Waals surface area contributed by atoms with Gasteiger partial charge in [-0.15, -0.1) is 0 Å². The molecule has 0 unspecified atom stereocenters. The third-order valence-corrected chi connectivity index (χ3v) is 4.07. The fraction of sp³-hybridized carbons (Fsp3) is 0.500. The summed E-state index contributed by atoms with van der Waals surface area (Å²) in [6, 6.07) is 5.02. The van der Waals surface area contributed by atoms with Crippen molar-refractivity contribution in [1.29, 1.82) is 0 Å². The maximum absolute atomic E-state index is 12.5. The van der Waals surface area contributed by atoms with Gasteiger partial charge in [0.1, 0.15) is 5.75 Å². The van der Waals surface area contributed by atoms with E-state index in [2.05, 4.69) is 0 Å². The molecule has 2 rings (SSSR count). The minimum absolute atomic E-state index is 0.0114. The van der Waals surface area contributed by atoms with Crippen LogP contribution in [0.4, 0.5) is 0 Å². The summed E-state index contributed by atoms with van der Waals surface area (Å²) in [4.78, 5) is 28.0. The molecule has 1 saturated heterocycles. The Hall–Kier alpha value is -1.75. The van der Waals surface area contributed by atoms with Gasteiger partial charge < -0.3 is 14.5 Å². The maximum Gasteiger partial charge on any atom is 0.254 e. The molecule has 0 aliphatic carbocycles. The Labute approximate surface area is 135 Å². The summed E-state index contributed by atoms with van der Waals surface area (Å²) in [6.07, 6.45) is 0. The zero-order chi connectivity index (χ0) is 16.3. The first-order chi connectivity index (χ1) is 10.4. The van der Waals surface area contributed by atoms with Crippen LogP contribution in [0.3, 0.4) is 0 Å². The number of carbonyl (C=O) groups is 2. The largest absolute Gasteiger partial charge is 0.495 e. The summed E-state index contributed by atoms with van der Waals surface area (Å²) in [7, 11) is 1.54. The van der Waals surface area contributed by atoms with Crippen LogP contribution in [-0.2, 0) is 4.79 Å². The van der Waals surface area contributed by atoms with Crippen molar-refractivity contribution in [1.82, 2.24) is 9.80 Å². The van der Waals surface area contributed by atoms with Gasteiger partial charge in [0.2, 0.25) is 5.91 Å². The number of ether oxygens (including phenoxy) is 1. The number of rotatable bonds is 3. The van der Waals surface area contributed by atoms with E-state index in [9.17, 15) is 9.59 Å². The average Bonchev–Trinajstić information content (AvgIpc) is 2.53. The van der Waals surface area contributed by atoms with Crippen LogP contribution in [0.1, 0.15) is 24.2 Å². The Morgan fingerprint density at radius 3 is 2.23 bits per heavy atom. The van der Waals surface area contributed by atoms with Gasteiger partial charge in [0.25, 0.3) is 5.91 Å². The molecule has 1 aromatic carbocycles. The first-order valence-corrected chi connectivity index (χ1v) is 7.73. The minimum atomic E-state index is -0.0683. The second kappa shape index (κ2) is 7.01. The highest BCUT2D eigenvalue weighted by molar-refractivity contribution is 6.32. The smallest absolute Gasteiger partial charge is 0.254 e. The summed E-state index contributed by atoms with van der Waals surface area (Å²) in [5, 5.41) is 0.418. The molecule has 0 atom stereocenters. The van der Waals surface area contributed by atoms with Crippen molar-refractivity contribution in [2.75, 3.05) is 33.3 Å². The lowest BCUT2D eigenvalue weighted by Crippen LogP contribution is -2.51. The van der Waals surface area contributed by atoms with Gasteiger partial charge in [0.15, 0.2) is 0 Å². The lowest BCUT2D eigenvalue weighted by molar-refractivity contribution is -0.135. The number of carbonyl (C=O) groups excluding carboxylic acids is 2. The molecule has 1 aliphatic heterocycles. The van der Waals surface area contributed by atoms with Crippen LogP contribution in [0.15, 0.2) is 18.2 Å². The highest BCUT2D eigenvalue weighted by Gasteiger charge is 2.26. The van der Waals surface area contributed by atoms with E-state index in [4.69, 9.17) is 16.3 Å². The van der Waals surface area contributed by atoms with E-state index in [0.717, 1.165) is 0 Å². The molecule has 0 bridgehead atoms. The predicted molar refractivity (Wildman–Crippen MR) is 85.3 cm³/mol. The Morgan fingerprint density at radius 2 is 1.73 bits per heavy atom. The lowest BCUT2D eigenvalue weighted by Gasteiger charge is -2.35. The van der Waals surface area contributed by atoms with E-state index in [1.54, 1.807) is 23.1 Å². The zero-order valence-electron chi connectivity index (χ0n) is 13.1. The fourth-order valence-corrected chi connectivity index (χ4v) is 2.73. The van der Waals surface area contributed by atoms with Crippen molar-refractivity contribution in [3.05, 3.63) is 28.8 Å². The van der Waals surface area contributed by atoms with Crippen LogP contribution >= 0.6 is 11.6 Å². The second-order valence-corrected chi connectivity index (χ2v) is 6.03. The molecule has 1 aliphatic rings. The van der Waals surface area contributed by atoms with Crippen LogP contribution in [0.5, 0.6) is 5.75 Å². The molecule has 1 aromatic rings. The van der Waals surface area contributed by atoms with Gasteiger partial charge in [-0.2, -0.15) is 0 Å². The molecule has 0 aromatic heterocycles. The Bertz CT molecular complexity index is 567. The zero-order valence-corrected chi connectivity index (χ0v) is 13.9. The summed E-state index contributed by atoms with van der Waals surface area (Å²) >= 11 is 6.06. The van der Waals surface area contributed by atoms with Crippen LogP contribution < -0.4 is 4.74 Å². The Kier molecular flexibility index (Phi) is 5.29. The molecule has 22 heavy (non-hydrogen) atoms. The van der Waals surface area contributed by atoms with E-state index in [1.165, 1.54) is 7.11 Å². The van der Waals surface area contributed by atoms with Crippen molar-refractivity contribution in [3.63, 3.8) is 0 Å². The second-order valence-electron chi connectivity index (χ2n) is 5.62. The number of piperazine rings is 1. The molecule has 0 saturated carbocycles. The average molecular weight is 325 g/mol. The lowest BCUT2D eigenvalue weighted by atomic mass is 10.1. The fourth-order valence-electron chi connectivity index (χ4n) is 2.48. The van der Waals surface area contributed by atoms with E-state index in [-0.39, 0.29) is 17.7 Å². The van der Waals surface area contributed by atoms with E-state index in [1.807, 2.05) is 18.7 Å². The molecule has 120 valence electrons. The van der Waals surface area contributed by atoms with Crippen LogP contribution in [-0.4, -0.2) is 54.9 Å². The quantitative estimate of drug-likeness (QED) is 0.857. The number of hydrogen-bond donors (Lipinski definition) is 0. The summed E-state index contributed by atoms with van der Waals surface area (Å²) in [6.45, 7) is 6.01. The van der Waals surface area contributed by atoms with Gasteiger partial charge in [0, 0.05) is 37.7 Å². The molecule has 1 fully saturated rings. The number of halogens is 1. The van der Waals surface area contributed by atoms with Crippen LogP contribution in [0.25, 0.3) is 0 Å². The van der Waals surface area contributed by atoms with E-state index in [0.29, 0.717) is 42.5 Å². The molecular weight excluding hydrogens is 304 g/mol. The third kappa shape index (κ3) is 3.53. The number of methoxy groups -OCH3 is 1. The van der Waals surface area contributed by atoms with Gasteiger partial charge in [-0.25, -0.2) is 0 Å². The number of benzene rings is 1. The molecule has 6 heteroatoms. The molecule has 0 N–H and O–H groups in total. The Balaban J connectivity index is 2.01. The highest BCUT2D eigenvalue weighted by atomic mass is 35.5. The minimum Gasteiger partial charge on any atom is -0.495 e. The first-order valence-electron chi connectivity index (χ1n) is 7.35. The van der Waals surface area contributed by atoms with Crippen LogP contribution in [0.2, 0.25) is 5.02 Å². The van der Waals surface area contributed by atoms with Crippen molar-refractivity contribution in [2.45, 2.75) is 13.8 Å². The highest BCUT2D eigenvalue weighted by Crippen LogP contribution is 2.25. The number of nitrogens with zero attached hydrogens (tertiary/aromatic N) is 2. The van der Waals surface area contributed by atoms with Crippen molar-refractivity contribution in [2.24, 2.45) is 5.92 Å². The standard InChI is InChI=1S/C16H21ClN2O3/c1-11(2)15(20)18-6-8-19(9-7-18)16(21)12-4-5-14(22-3)13(17)10-12/h4-5,10-11H,6-9H2,1-3H3. The third-order valence-electron chi connectivity index (χ3n) is 3.77.